The van der Waals surface area contributed by atoms with Crippen molar-refractivity contribution in [3.63, 3.8) is 0 Å². The zero-order valence-corrected chi connectivity index (χ0v) is 17.3. The molecule has 3 rings (SSSR count). The van der Waals surface area contributed by atoms with E-state index >= 15 is 0 Å². The average molecular weight is 453 g/mol. The molecule has 0 saturated heterocycles. The van der Waals surface area contributed by atoms with Crippen molar-refractivity contribution in [1.82, 2.24) is 16.2 Å². The summed E-state index contributed by atoms with van der Waals surface area (Å²) in [7, 11) is 0. The standard InChI is InChI=1S/C22H17ClN4O5/c23-18-11-10-17(12-19(18)27(31)32)21(29)24-13-20(28)25-26-22(30)16-8-6-15(7-9-16)14-4-2-1-3-5-14/h1-12H,13H2,(H,24,29)(H,25,28)(H,26,30). The molecule has 162 valence electrons. The van der Waals surface area contributed by atoms with Crippen LogP contribution in [0.4, 0.5) is 5.69 Å². The summed E-state index contributed by atoms with van der Waals surface area (Å²) in [6.45, 7) is -0.456. The van der Waals surface area contributed by atoms with Crippen molar-refractivity contribution in [3.8, 4) is 11.1 Å². The summed E-state index contributed by atoms with van der Waals surface area (Å²) in [5.41, 5.74) is 6.28. The molecule has 0 spiro atoms. The van der Waals surface area contributed by atoms with E-state index in [1.165, 1.54) is 12.1 Å². The fraction of sp³-hybridized carbons (Fsp3) is 0.0455. The van der Waals surface area contributed by atoms with Gasteiger partial charge in [-0.2, -0.15) is 0 Å². The van der Waals surface area contributed by atoms with Gasteiger partial charge in [0.2, 0.25) is 0 Å². The number of hydrogen-bond acceptors (Lipinski definition) is 5. The highest BCUT2D eigenvalue weighted by atomic mass is 35.5. The molecule has 3 aromatic rings. The van der Waals surface area contributed by atoms with Gasteiger partial charge in [0.1, 0.15) is 5.02 Å². The van der Waals surface area contributed by atoms with Gasteiger partial charge < -0.3 is 5.32 Å². The molecule has 0 heterocycles. The Morgan fingerprint density at radius 2 is 1.44 bits per heavy atom. The molecule has 0 atom stereocenters. The maximum atomic E-state index is 12.2. The molecule has 0 fully saturated rings. The second-order valence-corrected chi connectivity index (χ2v) is 6.96. The van der Waals surface area contributed by atoms with E-state index in [1.807, 2.05) is 30.3 Å². The zero-order valence-electron chi connectivity index (χ0n) is 16.5. The Morgan fingerprint density at radius 3 is 2.09 bits per heavy atom. The second-order valence-electron chi connectivity index (χ2n) is 6.55. The highest BCUT2D eigenvalue weighted by Crippen LogP contribution is 2.25. The largest absolute Gasteiger partial charge is 0.343 e. The third-order valence-electron chi connectivity index (χ3n) is 4.38. The third kappa shape index (κ3) is 5.67. The van der Waals surface area contributed by atoms with Gasteiger partial charge in [-0.3, -0.25) is 35.3 Å². The number of amides is 3. The SMILES string of the molecule is O=C(CNC(=O)c1ccc(Cl)c([N+](=O)[O-])c1)NNC(=O)c1ccc(-c2ccccc2)cc1. The molecule has 3 aromatic carbocycles. The average Bonchev–Trinajstić information content (AvgIpc) is 2.81. The molecule has 0 aliphatic heterocycles. The lowest BCUT2D eigenvalue weighted by atomic mass is 10.0. The summed E-state index contributed by atoms with van der Waals surface area (Å²) < 4.78 is 0. The molecular formula is C22H17ClN4O5. The van der Waals surface area contributed by atoms with Crippen LogP contribution in [0.2, 0.25) is 5.02 Å². The molecule has 0 radical (unpaired) electrons. The van der Waals surface area contributed by atoms with Gasteiger partial charge >= 0.3 is 0 Å². The number of carbonyl (C=O) groups is 3. The molecule has 9 nitrogen and oxygen atoms in total. The lowest BCUT2D eigenvalue weighted by Gasteiger charge is -2.09. The minimum Gasteiger partial charge on any atom is -0.343 e. The molecule has 10 heteroatoms. The van der Waals surface area contributed by atoms with Crippen LogP contribution in [0.15, 0.2) is 72.8 Å². The van der Waals surface area contributed by atoms with E-state index in [9.17, 15) is 24.5 Å². The quantitative estimate of drug-likeness (QED) is 0.390. The predicted octanol–water partition coefficient (Wildman–Crippen LogP) is 3.11. The molecule has 3 N–H and O–H groups in total. The third-order valence-corrected chi connectivity index (χ3v) is 4.70. The van der Waals surface area contributed by atoms with E-state index in [0.29, 0.717) is 5.56 Å². The number of nitrogens with zero attached hydrogens (tertiary/aromatic N) is 1. The maximum Gasteiger partial charge on any atom is 0.288 e. The fourth-order valence-corrected chi connectivity index (χ4v) is 2.93. The smallest absolute Gasteiger partial charge is 0.288 e. The Hall–Kier alpha value is -4.24. The first-order chi connectivity index (χ1) is 15.3. The van der Waals surface area contributed by atoms with E-state index in [4.69, 9.17) is 11.6 Å². The van der Waals surface area contributed by atoms with Crippen LogP contribution in [-0.4, -0.2) is 29.2 Å². The van der Waals surface area contributed by atoms with Crippen molar-refractivity contribution >= 4 is 35.0 Å². The van der Waals surface area contributed by atoms with Crippen LogP contribution >= 0.6 is 11.6 Å². The lowest BCUT2D eigenvalue weighted by Crippen LogP contribution is -2.46. The second kappa shape index (κ2) is 10.2. The first kappa shape index (κ1) is 22.4. The van der Waals surface area contributed by atoms with E-state index < -0.39 is 34.9 Å². The van der Waals surface area contributed by atoms with Crippen LogP contribution in [0.1, 0.15) is 20.7 Å². The van der Waals surface area contributed by atoms with Crippen molar-refractivity contribution < 1.29 is 19.3 Å². The molecule has 32 heavy (non-hydrogen) atoms. The minimum absolute atomic E-state index is 0.0311. The topological polar surface area (TPSA) is 130 Å². The van der Waals surface area contributed by atoms with Crippen molar-refractivity contribution in [2.24, 2.45) is 0 Å². The minimum atomic E-state index is -0.715. The lowest BCUT2D eigenvalue weighted by molar-refractivity contribution is -0.384. The summed E-state index contributed by atoms with van der Waals surface area (Å²) in [6, 6.07) is 20.0. The first-order valence-corrected chi connectivity index (χ1v) is 9.70. The van der Waals surface area contributed by atoms with Gasteiger partial charge in [0.15, 0.2) is 0 Å². The van der Waals surface area contributed by atoms with Crippen molar-refractivity contribution in [2.45, 2.75) is 0 Å². The molecule has 3 amide bonds. The number of hydrazine groups is 1. The molecule has 0 bridgehead atoms. The van der Waals surface area contributed by atoms with Gasteiger partial charge in [-0.1, -0.05) is 54.1 Å². The molecule has 0 aliphatic rings. The number of benzene rings is 3. The zero-order chi connectivity index (χ0) is 23.1. The monoisotopic (exact) mass is 452 g/mol. The molecule has 0 unspecified atom stereocenters. The number of carbonyl (C=O) groups excluding carboxylic acids is 3. The van der Waals surface area contributed by atoms with Gasteiger partial charge in [-0.05, 0) is 35.4 Å². The van der Waals surface area contributed by atoms with Gasteiger partial charge in [0.05, 0.1) is 11.5 Å². The van der Waals surface area contributed by atoms with E-state index in [0.717, 1.165) is 17.2 Å². The summed E-state index contributed by atoms with van der Waals surface area (Å²) >= 11 is 5.71. The highest BCUT2D eigenvalue weighted by molar-refractivity contribution is 6.32. The van der Waals surface area contributed by atoms with Crippen molar-refractivity contribution in [3.05, 3.63) is 99.1 Å². The Morgan fingerprint density at radius 1 is 0.812 bits per heavy atom. The van der Waals surface area contributed by atoms with Crippen LogP contribution < -0.4 is 16.2 Å². The van der Waals surface area contributed by atoms with Gasteiger partial charge in [0.25, 0.3) is 23.4 Å². The van der Waals surface area contributed by atoms with E-state index in [2.05, 4.69) is 16.2 Å². The van der Waals surface area contributed by atoms with Crippen LogP contribution in [-0.2, 0) is 4.79 Å². The molecular weight excluding hydrogens is 436 g/mol. The summed E-state index contributed by atoms with van der Waals surface area (Å²) in [6.07, 6.45) is 0. The Bertz CT molecular complexity index is 1170. The van der Waals surface area contributed by atoms with Crippen LogP contribution in [0.25, 0.3) is 11.1 Å². The van der Waals surface area contributed by atoms with E-state index in [-0.39, 0.29) is 10.6 Å². The molecule has 0 aliphatic carbocycles. The molecule has 0 saturated carbocycles. The Labute approximate surface area is 187 Å². The Kier molecular flexibility index (Phi) is 7.14. The summed E-state index contributed by atoms with van der Waals surface area (Å²) in [5, 5.41) is 13.1. The van der Waals surface area contributed by atoms with Crippen LogP contribution in [0.5, 0.6) is 0 Å². The van der Waals surface area contributed by atoms with Gasteiger partial charge in [0, 0.05) is 17.2 Å². The van der Waals surface area contributed by atoms with Gasteiger partial charge in [-0.15, -0.1) is 0 Å². The van der Waals surface area contributed by atoms with Crippen LogP contribution in [0.3, 0.4) is 0 Å². The number of nitrogens with one attached hydrogen (secondary N) is 3. The van der Waals surface area contributed by atoms with Gasteiger partial charge in [-0.25, -0.2) is 0 Å². The normalized spacial score (nSPS) is 10.2. The first-order valence-electron chi connectivity index (χ1n) is 9.32. The van der Waals surface area contributed by atoms with Crippen LogP contribution in [0, 0.1) is 10.1 Å². The number of rotatable bonds is 6. The fourth-order valence-electron chi connectivity index (χ4n) is 2.74. The van der Waals surface area contributed by atoms with E-state index in [1.54, 1.807) is 24.3 Å². The Balaban J connectivity index is 1.49. The summed E-state index contributed by atoms with van der Waals surface area (Å²) in [4.78, 5) is 46.4. The maximum absolute atomic E-state index is 12.2. The highest BCUT2D eigenvalue weighted by Gasteiger charge is 2.17. The predicted molar refractivity (Wildman–Crippen MR) is 118 cm³/mol. The number of hydrogen-bond donors (Lipinski definition) is 3. The number of halogens is 1. The van der Waals surface area contributed by atoms with Crippen molar-refractivity contribution in [2.75, 3.05) is 6.54 Å². The van der Waals surface area contributed by atoms with Crippen molar-refractivity contribution in [1.29, 1.82) is 0 Å². The number of nitro groups is 1. The molecule has 0 aromatic heterocycles. The number of nitro benzene ring substituents is 1. The summed E-state index contributed by atoms with van der Waals surface area (Å²) in [5.74, 6) is -1.92.